The molecule has 0 aromatic heterocycles. The van der Waals surface area contributed by atoms with Gasteiger partial charge in [-0.1, -0.05) is 6.92 Å². The van der Waals surface area contributed by atoms with Gasteiger partial charge in [0, 0.05) is 12.1 Å². The zero-order chi connectivity index (χ0) is 13.8. The fourth-order valence-corrected chi connectivity index (χ4v) is 1.93. The van der Waals surface area contributed by atoms with E-state index in [-0.39, 0.29) is 24.0 Å². The molecule has 1 aromatic carbocycles. The lowest BCUT2D eigenvalue weighted by Crippen LogP contribution is -2.28. The van der Waals surface area contributed by atoms with E-state index in [1.54, 1.807) is 0 Å². The summed E-state index contributed by atoms with van der Waals surface area (Å²) in [6, 6.07) is 2.82. The monoisotopic (exact) mass is 265 g/mol. The summed E-state index contributed by atoms with van der Waals surface area (Å²) < 4.78 is 13.8. The summed E-state index contributed by atoms with van der Waals surface area (Å²) in [5.74, 6) is -0.897. The molecule has 0 radical (unpaired) electrons. The van der Waals surface area contributed by atoms with E-state index < -0.39 is 5.82 Å². The van der Waals surface area contributed by atoms with Crippen LogP contribution in [0.1, 0.15) is 18.9 Å². The van der Waals surface area contributed by atoms with E-state index in [2.05, 4.69) is 16.0 Å². The minimum atomic E-state index is -0.486. The smallest absolute Gasteiger partial charge is 0.238 e. The minimum absolute atomic E-state index is 0.0869. The first kappa shape index (κ1) is 13.5. The topological polar surface area (TPSA) is 70.2 Å². The molecule has 0 atom stereocenters. The number of hydrogen-bond acceptors (Lipinski definition) is 3. The largest absolute Gasteiger partial charge is 0.326 e. The molecule has 0 saturated heterocycles. The molecule has 1 aliphatic rings. The molecule has 2 rings (SSSR count). The zero-order valence-electron chi connectivity index (χ0n) is 10.7. The van der Waals surface area contributed by atoms with Crippen LogP contribution in [0.15, 0.2) is 12.1 Å². The molecule has 19 heavy (non-hydrogen) atoms. The molecule has 5 nitrogen and oxygen atoms in total. The number of likely N-dealkylation sites (N-methyl/N-ethyl adjacent to an activating group) is 1. The number of benzene rings is 1. The number of halogens is 1. The predicted molar refractivity (Wildman–Crippen MR) is 70.5 cm³/mol. The Morgan fingerprint density at radius 2 is 2.21 bits per heavy atom. The van der Waals surface area contributed by atoms with Gasteiger partial charge in [-0.2, -0.15) is 0 Å². The van der Waals surface area contributed by atoms with Crippen molar-refractivity contribution in [2.45, 2.75) is 19.8 Å². The van der Waals surface area contributed by atoms with Crippen molar-refractivity contribution < 1.29 is 14.0 Å². The third kappa shape index (κ3) is 3.29. The molecule has 1 heterocycles. The van der Waals surface area contributed by atoms with Crippen molar-refractivity contribution in [3.8, 4) is 0 Å². The van der Waals surface area contributed by atoms with Crippen LogP contribution in [0.3, 0.4) is 0 Å². The Bertz CT molecular complexity index is 517. The van der Waals surface area contributed by atoms with E-state index in [0.717, 1.165) is 5.56 Å². The summed E-state index contributed by atoms with van der Waals surface area (Å²) in [4.78, 5) is 22.8. The molecule has 0 saturated carbocycles. The van der Waals surface area contributed by atoms with Crippen molar-refractivity contribution in [3.63, 3.8) is 0 Å². The van der Waals surface area contributed by atoms with Crippen LogP contribution in [0.4, 0.5) is 15.8 Å². The Kier molecular flexibility index (Phi) is 4.11. The molecule has 3 N–H and O–H groups in total. The number of nitrogens with one attached hydrogen (secondary N) is 3. The van der Waals surface area contributed by atoms with Crippen molar-refractivity contribution in [1.29, 1.82) is 0 Å². The number of hydrogen-bond donors (Lipinski definition) is 3. The van der Waals surface area contributed by atoms with E-state index in [4.69, 9.17) is 0 Å². The number of fused-ring (bicyclic) bond motifs is 1. The second kappa shape index (κ2) is 5.79. The Morgan fingerprint density at radius 1 is 1.42 bits per heavy atom. The van der Waals surface area contributed by atoms with Gasteiger partial charge in [0.25, 0.3) is 0 Å². The minimum Gasteiger partial charge on any atom is -0.326 e. The lowest BCUT2D eigenvalue weighted by atomic mass is 10.0. The summed E-state index contributed by atoms with van der Waals surface area (Å²) in [6.45, 7) is 2.66. The van der Waals surface area contributed by atoms with Crippen LogP contribution < -0.4 is 16.0 Å². The molecule has 0 unspecified atom stereocenters. The quantitative estimate of drug-likeness (QED) is 0.767. The first-order valence-electron chi connectivity index (χ1n) is 6.23. The molecule has 0 bridgehead atoms. The second-order valence-corrected chi connectivity index (χ2v) is 4.37. The maximum atomic E-state index is 13.8. The van der Waals surface area contributed by atoms with Crippen LogP contribution in [0.5, 0.6) is 0 Å². The highest BCUT2D eigenvalue weighted by atomic mass is 19.1. The molecule has 6 heteroatoms. The molecule has 0 fully saturated rings. The molecule has 1 aliphatic heterocycles. The number of anilines is 2. The molecule has 2 amide bonds. The first-order valence-corrected chi connectivity index (χ1v) is 6.23. The highest BCUT2D eigenvalue weighted by Gasteiger charge is 2.18. The van der Waals surface area contributed by atoms with Gasteiger partial charge in [-0.25, -0.2) is 4.39 Å². The van der Waals surface area contributed by atoms with Crippen LogP contribution in [-0.4, -0.2) is 24.9 Å². The maximum absolute atomic E-state index is 13.8. The van der Waals surface area contributed by atoms with E-state index in [9.17, 15) is 14.0 Å². The van der Waals surface area contributed by atoms with E-state index in [1.807, 2.05) is 6.92 Å². The third-order valence-electron chi connectivity index (χ3n) is 2.90. The van der Waals surface area contributed by atoms with Crippen LogP contribution >= 0.6 is 0 Å². The fraction of sp³-hybridized carbons (Fsp3) is 0.385. The zero-order valence-corrected chi connectivity index (χ0v) is 10.7. The highest BCUT2D eigenvalue weighted by Crippen LogP contribution is 2.28. The van der Waals surface area contributed by atoms with Gasteiger partial charge < -0.3 is 16.0 Å². The summed E-state index contributed by atoms with van der Waals surface area (Å²) >= 11 is 0. The molecule has 0 aliphatic carbocycles. The summed E-state index contributed by atoms with van der Waals surface area (Å²) in [7, 11) is 0. The Morgan fingerprint density at radius 3 is 2.95 bits per heavy atom. The number of carbonyl (C=O) groups is 2. The molecule has 1 aromatic rings. The first-order chi connectivity index (χ1) is 9.10. The van der Waals surface area contributed by atoms with Gasteiger partial charge in [0.05, 0.1) is 12.2 Å². The van der Waals surface area contributed by atoms with Gasteiger partial charge in [0.1, 0.15) is 5.82 Å². The van der Waals surface area contributed by atoms with Crippen molar-refractivity contribution in [2.75, 3.05) is 23.7 Å². The van der Waals surface area contributed by atoms with Crippen molar-refractivity contribution >= 4 is 23.2 Å². The standard InChI is InChI=1S/C13H16FN3O2/c1-2-15-7-13(19)17-11-6-10-8(5-9(11)14)3-4-12(18)16-10/h5-6,15H,2-4,7H2,1H3,(H,16,18)(H,17,19). The molecular formula is C13H16FN3O2. The van der Waals surface area contributed by atoms with Gasteiger partial charge in [0.15, 0.2) is 0 Å². The van der Waals surface area contributed by atoms with Gasteiger partial charge in [-0.05, 0) is 30.7 Å². The van der Waals surface area contributed by atoms with Crippen molar-refractivity contribution in [2.24, 2.45) is 0 Å². The average Bonchev–Trinajstić information content (AvgIpc) is 2.38. The van der Waals surface area contributed by atoms with E-state index >= 15 is 0 Å². The van der Waals surface area contributed by atoms with Gasteiger partial charge >= 0.3 is 0 Å². The summed E-state index contributed by atoms with van der Waals surface area (Å²) in [5.41, 5.74) is 1.40. The number of amides is 2. The summed E-state index contributed by atoms with van der Waals surface area (Å²) in [5, 5.41) is 8.01. The Hall–Kier alpha value is -1.95. The highest BCUT2D eigenvalue weighted by molar-refractivity contribution is 5.97. The number of rotatable bonds is 4. The van der Waals surface area contributed by atoms with Crippen LogP contribution in [-0.2, 0) is 16.0 Å². The molecule has 102 valence electrons. The average molecular weight is 265 g/mol. The van der Waals surface area contributed by atoms with Gasteiger partial charge in [0.2, 0.25) is 11.8 Å². The lowest BCUT2D eigenvalue weighted by Gasteiger charge is -2.18. The molecular weight excluding hydrogens is 249 g/mol. The van der Waals surface area contributed by atoms with Crippen molar-refractivity contribution in [3.05, 3.63) is 23.5 Å². The predicted octanol–water partition coefficient (Wildman–Crippen LogP) is 1.26. The SMILES string of the molecule is CCNCC(=O)Nc1cc2c(cc1F)CCC(=O)N2. The lowest BCUT2D eigenvalue weighted by molar-refractivity contribution is -0.116. The van der Waals surface area contributed by atoms with Crippen LogP contribution in [0.2, 0.25) is 0 Å². The third-order valence-corrected chi connectivity index (χ3v) is 2.90. The Balaban J connectivity index is 2.15. The maximum Gasteiger partial charge on any atom is 0.238 e. The fourth-order valence-electron chi connectivity index (χ4n) is 1.93. The van der Waals surface area contributed by atoms with Crippen LogP contribution in [0.25, 0.3) is 0 Å². The van der Waals surface area contributed by atoms with E-state index in [1.165, 1.54) is 12.1 Å². The van der Waals surface area contributed by atoms with E-state index in [0.29, 0.717) is 25.1 Å². The second-order valence-electron chi connectivity index (χ2n) is 4.37. The Labute approximate surface area is 110 Å². The molecule has 0 spiro atoms. The normalized spacial score (nSPS) is 13.7. The van der Waals surface area contributed by atoms with Crippen LogP contribution in [0, 0.1) is 5.82 Å². The van der Waals surface area contributed by atoms with Crippen molar-refractivity contribution in [1.82, 2.24) is 5.32 Å². The van der Waals surface area contributed by atoms with Gasteiger partial charge in [-0.15, -0.1) is 0 Å². The number of carbonyl (C=O) groups excluding carboxylic acids is 2. The van der Waals surface area contributed by atoms with Gasteiger partial charge in [-0.3, -0.25) is 9.59 Å². The summed E-state index contributed by atoms with van der Waals surface area (Å²) in [6.07, 6.45) is 0.877. The number of aryl methyl sites for hydroxylation is 1.